The third-order valence-electron chi connectivity index (χ3n) is 4.01. The number of esters is 1. The zero-order valence-electron chi connectivity index (χ0n) is 13.7. The molecular formula is C16H20N4O4. The summed E-state index contributed by atoms with van der Waals surface area (Å²) in [6.45, 7) is 2.54. The van der Waals surface area contributed by atoms with Gasteiger partial charge in [-0.05, 0) is 18.9 Å². The Balaban J connectivity index is 2.21. The third kappa shape index (κ3) is 2.92. The SMILES string of the molecule is COC(=O)c1c(NC(C)=O)c2cc(N)cnc2n1CC1CCCO1. The highest BCUT2D eigenvalue weighted by molar-refractivity contribution is 6.10. The smallest absolute Gasteiger partial charge is 0.356 e. The number of carbonyl (C=O) groups is 2. The molecule has 3 heterocycles. The summed E-state index contributed by atoms with van der Waals surface area (Å²) in [7, 11) is 1.30. The number of amides is 1. The minimum absolute atomic E-state index is 0.00598. The van der Waals surface area contributed by atoms with E-state index < -0.39 is 5.97 Å². The molecule has 2 aromatic heterocycles. The highest BCUT2D eigenvalue weighted by atomic mass is 16.5. The number of hydrogen-bond donors (Lipinski definition) is 2. The van der Waals surface area contributed by atoms with E-state index in [4.69, 9.17) is 15.2 Å². The first-order valence-corrected chi connectivity index (χ1v) is 7.76. The zero-order chi connectivity index (χ0) is 17.3. The number of fused-ring (bicyclic) bond motifs is 1. The van der Waals surface area contributed by atoms with Gasteiger partial charge in [0.25, 0.3) is 0 Å². The molecule has 1 aliphatic heterocycles. The van der Waals surface area contributed by atoms with Crippen molar-refractivity contribution in [1.29, 1.82) is 0 Å². The van der Waals surface area contributed by atoms with E-state index in [-0.39, 0.29) is 17.7 Å². The Morgan fingerprint density at radius 3 is 2.96 bits per heavy atom. The van der Waals surface area contributed by atoms with Crippen LogP contribution in [0.25, 0.3) is 11.0 Å². The van der Waals surface area contributed by atoms with Gasteiger partial charge in [-0.25, -0.2) is 9.78 Å². The third-order valence-corrected chi connectivity index (χ3v) is 4.01. The predicted octanol–water partition coefficient (Wildman–Crippen LogP) is 1.54. The lowest BCUT2D eigenvalue weighted by molar-refractivity contribution is -0.114. The van der Waals surface area contributed by atoms with Crippen LogP contribution in [0, 0.1) is 0 Å². The minimum atomic E-state index is -0.548. The van der Waals surface area contributed by atoms with Crippen LogP contribution in [-0.2, 0) is 20.8 Å². The molecule has 0 spiro atoms. The molecule has 1 unspecified atom stereocenters. The summed E-state index contributed by atoms with van der Waals surface area (Å²) in [6, 6.07) is 1.69. The van der Waals surface area contributed by atoms with Crippen LogP contribution in [0.5, 0.6) is 0 Å². The summed E-state index contributed by atoms with van der Waals surface area (Å²) in [5.74, 6) is -0.841. The van der Waals surface area contributed by atoms with Crippen LogP contribution in [-0.4, -0.2) is 41.2 Å². The molecular weight excluding hydrogens is 312 g/mol. The molecule has 8 heteroatoms. The first-order chi connectivity index (χ1) is 11.5. The Kier molecular flexibility index (Phi) is 4.39. The highest BCUT2D eigenvalue weighted by Crippen LogP contribution is 2.33. The Bertz CT molecular complexity index is 793. The van der Waals surface area contributed by atoms with Crippen molar-refractivity contribution in [3.05, 3.63) is 18.0 Å². The molecule has 1 aliphatic rings. The van der Waals surface area contributed by atoms with Gasteiger partial charge < -0.3 is 25.1 Å². The predicted molar refractivity (Wildman–Crippen MR) is 88.8 cm³/mol. The van der Waals surface area contributed by atoms with Crippen molar-refractivity contribution < 1.29 is 19.1 Å². The minimum Gasteiger partial charge on any atom is -0.464 e. The topological polar surface area (TPSA) is 108 Å². The summed E-state index contributed by atoms with van der Waals surface area (Å²) in [5.41, 5.74) is 7.44. The molecule has 1 fully saturated rings. The Morgan fingerprint density at radius 2 is 2.33 bits per heavy atom. The fourth-order valence-corrected chi connectivity index (χ4v) is 3.02. The average Bonchev–Trinajstić information content (AvgIpc) is 3.14. The number of methoxy groups -OCH3 is 1. The number of ether oxygens (including phenoxy) is 2. The zero-order valence-corrected chi connectivity index (χ0v) is 13.7. The molecule has 2 aromatic rings. The van der Waals surface area contributed by atoms with Crippen LogP contribution in [0.1, 0.15) is 30.3 Å². The molecule has 128 valence electrons. The number of anilines is 2. The number of pyridine rings is 1. The van der Waals surface area contributed by atoms with Crippen LogP contribution in [0.4, 0.5) is 11.4 Å². The molecule has 0 saturated carbocycles. The standard InChI is InChI=1S/C16H20N4O4/c1-9(21)19-13-12-6-10(17)7-18-15(12)20(14(13)16(22)23-2)8-11-4-3-5-24-11/h6-7,11H,3-5,8,17H2,1-2H3,(H,19,21). The first-order valence-electron chi connectivity index (χ1n) is 7.76. The van der Waals surface area contributed by atoms with Crippen molar-refractivity contribution in [1.82, 2.24) is 9.55 Å². The van der Waals surface area contributed by atoms with E-state index in [0.717, 1.165) is 12.8 Å². The largest absolute Gasteiger partial charge is 0.464 e. The Hall–Kier alpha value is -2.61. The van der Waals surface area contributed by atoms with E-state index in [1.165, 1.54) is 20.2 Å². The van der Waals surface area contributed by atoms with Crippen LogP contribution in [0.3, 0.4) is 0 Å². The van der Waals surface area contributed by atoms with Crippen molar-refractivity contribution in [3.63, 3.8) is 0 Å². The number of aromatic nitrogens is 2. The first kappa shape index (κ1) is 16.3. The molecule has 8 nitrogen and oxygen atoms in total. The van der Waals surface area contributed by atoms with Gasteiger partial charge in [-0.15, -0.1) is 0 Å². The Morgan fingerprint density at radius 1 is 1.54 bits per heavy atom. The summed E-state index contributed by atoms with van der Waals surface area (Å²) in [6.07, 6.45) is 3.40. The summed E-state index contributed by atoms with van der Waals surface area (Å²) >= 11 is 0. The molecule has 0 aliphatic carbocycles. The molecule has 0 radical (unpaired) electrons. The second-order valence-electron chi connectivity index (χ2n) is 5.78. The van der Waals surface area contributed by atoms with Crippen molar-refractivity contribution in [2.75, 3.05) is 24.8 Å². The monoisotopic (exact) mass is 332 g/mol. The number of nitrogen functional groups attached to an aromatic ring is 1. The van der Waals surface area contributed by atoms with Crippen molar-refractivity contribution >= 4 is 34.3 Å². The maximum Gasteiger partial charge on any atom is 0.356 e. The number of rotatable bonds is 4. The van der Waals surface area contributed by atoms with Crippen molar-refractivity contribution in [2.45, 2.75) is 32.4 Å². The summed E-state index contributed by atoms with van der Waals surface area (Å²) < 4.78 is 12.3. The number of hydrogen-bond acceptors (Lipinski definition) is 6. The lowest BCUT2D eigenvalue weighted by Crippen LogP contribution is -2.21. The van der Waals surface area contributed by atoms with Gasteiger partial charge in [-0.2, -0.15) is 0 Å². The molecule has 1 atom stereocenters. The highest BCUT2D eigenvalue weighted by Gasteiger charge is 2.28. The molecule has 3 rings (SSSR count). The number of carbonyl (C=O) groups excluding carboxylic acids is 2. The number of nitrogens with one attached hydrogen (secondary N) is 1. The normalized spacial score (nSPS) is 17.2. The van der Waals surface area contributed by atoms with Gasteiger partial charge in [0.15, 0.2) is 5.69 Å². The van der Waals surface area contributed by atoms with Crippen LogP contribution in [0.15, 0.2) is 12.3 Å². The lowest BCUT2D eigenvalue weighted by atomic mass is 10.2. The quantitative estimate of drug-likeness (QED) is 0.822. The molecule has 0 bridgehead atoms. The van der Waals surface area contributed by atoms with E-state index in [1.54, 1.807) is 10.6 Å². The van der Waals surface area contributed by atoms with E-state index in [9.17, 15) is 9.59 Å². The molecule has 24 heavy (non-hydrogen) atoms. The molecule has 0 aromatic carbocycles. The van der Waals surface area contributed by atoms with Crippen LogP contribution < -0.4 is 11.1 Å². The summed E-state index contributed by atoms with van der Waals surface area (Å²) in [4.78, 5) is 28.3. The van der Waals surface area contributed by atoms with Gasteiger partial charge in [-0.1, -0.05) is 0 Å². The van der Waals surface area contributed by atoms with Crippen LogP contribution in [0.2, 0.25) is 0 Å². The van der Waals surface area contributed by atoms with Gasteiger partial charge in [0.2, 0.25) is 5.91 Å². The number of nitrogens with zero attached hydrogens (tertiary/aromatic N) is 2. The molecule has 1 saturated heterocycles. The maximum atomic E-state index is 12.4. The van der Waals surface area contributed by atoms with E-state index >= 15 is 0 Å². The van der Waals surface area contributed by atoms with E-state index in [1.807, 2.05) is 0 Å². The van der Waals surface area contributed by atoms with Crippen molar-refractivity contribution in [2.24, 2.45) is 0 Å². The average molecular weight is 332 g/mol. The summed E-state index contributed by atoms with van der Waals surface area (Å²) in [5, 5.41) is 3.31. The van der Waals surface area contributed by atoms with Gasteiger partial charge >= 0.3 is 5.97 Å². The maximum absolute atomic E-state index is 12.4. The molecule has 3 N–H and O–H groups in total. The fraction of sp³-hybridized carbons (Fsp3) is 0.438. The second-order valence-corrected chi connectivity index (χ2v) is 5.78. The molecule has 1 amide bonds. The number of nitrogens with two attached hydrogens (primary N) is 1. The van der Waals surface area contributed by atoms with Crippen LogP contribution >= 0.6 is 0 Å². The van der Waals surface area contributed by atoms with E-state index in [2.05, 4.69) is 10.3 Å². The van der Waals surface area contributed by atoms with Gasteiger partial charge in [0.05, 0.1) is 37.3 Å². The second kappa shape index (κ2) is 6.48. The van der Waals surface area contributed by atoms with Gasteiger partial charge in [-0.3, -0.25) is 4.79 Å². The van der Waals surface area contributed by atoms with Crippen molar-refractivity contribution in [3.8, 4) is 0 Å². The van der Waals surface area contributed by atoms with E-state index in [0.29, 0.717) is 35.6 Å². The fourth-order valence-electron chi connectivity index (χ4n) is 3.02. The lowest BCUT2D eigenvalue weighted by Gasteiger charge is -2.14. The van der Waals surface area contributed by atoms with Gasteiger partial charge in [0, 0.05) is 18.9 Å². The van der Waals surface area contributed by atoms with Gasteiger partial charge in [0.1, 0.15) is 5.65 Å². The Labute approximate surface area is 138 Å².